The number of rotatable bonds is 10. The van der Waals surface area contributed by atoms with E-state index in [1.807, 2.05) is 0 Å². The van der Waals surface area contributed by atoms with Gasteiger partial charge in [-0.25, -0.2) is 4.79 Å². The van der Waals surface area contributed by atoms with Crippen molar-refractivity contribution in [1.82, 2.24) is 5.32 Å². The molecule has 19 heavy (non-hydrogen) atoms. The number of amides is 1. The molecule has 8 nitrogen and oxygen atoms in total. The predicted molar refractivity (Wildman–Crippen MR) is 62.5 cm³/mol. The van der Waals surface area contributed by atoms with Crippen LogP contribution in [0.3, 0.4) is 0 Å². The Balaban J connectivity index is 4.04. The second-order valence-corrected chi connectivity index (χ2v) is 3.99. The van der Waals surface area contributed by atoms with Crippen LogP contribution in [0.2, 0.25) is 0 Å². The third-order valence-corrected chi connectivity index (χ3v) is 2.33. The summed E-state index contributed by atoms with van der Waals surface area (Å²) >= 11 is 0. The Morgan fingerprint density at radius 3 is 1.89 bits per heavy atom. The molecule has 0 aliphatic carbocycles. The van der Waals surface area contributed by atoms with Crippen LogP contribution in [0, 0.1) is 0 Å². The number of carboxylic acids is 3. The van der Waals surface area contributed by atoms with Gasteiger partial charge in [0, 0.05) is 12.8 Å². The molecule has 8 heteroatoms. The summed E-state index contributed by atoms with van der Waals surface area (Å²) in [5, 5.41) is 27.9. The van der Waals surface area contributed by atoms with Crippen LogP contribution in [0.25, 0.3) is 0 Å². The lowest BCUT2D eigenvalue weighted by Gasteiger charge is -2.13. The Hall–Kier alpha value is -2.12. The molecule has 0 aromatic carbocycles. The first-order valence-corrected chi connectivity index (χ1v) is 5.78. The summed E-state index contributed by atoms with van der Waals surface area (Å²) in [5.41, 5.74) is 0. The fourth-order valence-electron chi connectivity index (χ4n) is 1.37. The highest BCUT2D eigenvalue weighted by Crippen LogP contribution is 2.05. The summed E-state index contributed by atoms with van der Waals surface area (Å²) < 4.78 is 0. The molecule has 4 N–H and O–H groups in total. The molecule has 0 aliphatic heterocycles. The fourth-order valence-corrected chi connectivity index (χ4v) is 1.37. The smallest absolute Gasteiger partial charge is 0.326 e. The van der Waals surface area contributed by atoms with Gasteiger partial charge in [0.15, 0.2) is 0 Å². The van der Waals surface area contributed by atoms with Gasteiger partial charge in [-0.15, -0.1) is 0 Å². The Kier molecular flexibility index (Phi) is 7.90. The van der Waals surface area contributed by atoms with E-state index in [9.17, 15) is 19.2 Å². The number of hydrogen-bond acceptors (Lipinski definition) is 4. The molecular weight excluding hydrogens is 258 g/mol. The van der Waals surface area contributed by atoms with Crippen LogP contribution in [0.15, 0.2) is 0 Å². The second-order valence-electron chi connectivity index (χ2n) is 3.99. The molecule has 0 aromatic heterocycles. The van der Waals surface area contributed by atoms with Crippen molar-refractivity contribution < 1.29 is 34.5 Å². The quantitative estimate of drug-likeness (QED) is 0.413. The van der Waals surface area contributed by atoms with Gasteiger partial charge in [-0.05, 0) is 12.8 Å². The van der Waals surface area contributed by atoms with Crippen molar-refractivity contribution in [3.8, 4) is 0 Å². The second kappa shape index (κ2) is 8.90. The summed E-state index contributed by atoms with van der Waals surface area (Å²) in [7, 11) is 0. The summed E-state index contributed by atoms with van der Waals surface area (Å²) in [4.78, 5) is 42.6. The highest BCUT2D eigenvalue weighted by molar-refractivity contribution is 5.85. The van der Waals surface area contributed by atoms with Crippen LogP contribution < -0.4 is 5.32 Å². The van der Waals surface area contributed by atoms with Crippen LogP contribution in [0.4, 0.5) is 0 Å². The van der Waals surface area contributed by atoms with Crippen LogP contribution >= 0.6 is 0 Å². The zero-order chi connectivity index (χ0) is 14.8. The standard InChI is InChI=1S/C11H17NO7/c13-8(5-6-10(16)17)12-7(11(18)19)3-1-2-4-9(14)15/h7H,1-6H2,(H,12,13)(H,14,15)(H,16,17)(H,18,19). The van der Waals surface area contributed by atoms with Crippen molar-refractivity contribution in [2.24, 2.45) is 0 Å². The summed E-state index contributed by atoms with van der Waals surface area (Å²) in [5.74, 6) is -3.96. The highest BCUT2D eigenvalue weighted by Gasteiger charge is 2.19. The number of unbranched alkanes of at least 4 members (excludes halogenated alkanes) is 1. The predicted octanol–water partition coefficient (Wildman–Crippen LogP) is 0.0656. The topological polar surface area (TPSA) is 141 Å². The minimum atomic E-state index is -1.22. The van der Waals surface area contributed by atoms with Crippen LogP contribution in [0.1, 0.15) is 38.5 Å². The summed E-state index contributed by atoms with van der Waals surface area (Å²) in [6, 6.07) is -1.12. The Morgan fingerprint density at radius 2 is 1.42 bits per heavy atom. The maximum Gasteiger partial charge on any atom is 0.326 e. The lowest BCUT2D eigenvalue weighted by atomic mass is 10.1. The molecule has 0 saturated carbocycles. The van der Waals surface area contributed by atoms with E-state index in [-0.39, 0.29) is 25.7 Å². The van der Waals surface area contributed by atoms with Gasteiger partial charge in [0.1, 0.15) is 6.04 Å². The average Bonchev–Trinajstić information content (AvgIpc) is 2.29. The third-order valence-electron chi connectivity index (χ3n) is 2.33. The molecule has 0 bridgehead atoms. The van der Waals surface area contributed by atoms with Crippen molar-refractivity contribution in [1.29, 1.82) is 0 Å². The zero-order valence-electron chi connectivity index (χ0n) is 10.3. The van der Waals surface area contributed by atoms with Gasteiger partial charge in [0.05, 0.1) is 6.42 Å². The van der Waals surface area contributed by atoms with E-state index in [1.165, 1.54) is 0 Å². The van der Waals surface area contributed by atoms with E-state index >= 15 is 0 Å². The molecule has 1 amide bonds. The fraction of sp³-hybridized carbons (Fsp3) is 0.636. The first-order valence-electron chi connectivity index (χ1n) is 5.78. The van der Waals surface area contributed by atoms with Crippen molar-refractivity contribution in [2.75, 3.05) is 0 Å². The number of nitrogens with one attached hydrogen (secondary N) is 1. The summed E-state index contributed by atoms with van der Waals surface area (Å²) in [6.07, 6.45) is 0.0821. The van der Waals surface area contributed by atoms with Gasteiger partial charge in [-0.1, -0.05) is 6.42 Å². The van der Waals surface area contributed by atoms with E-state index in [1.54, 1.807) is 0 Å². The maximum atomic E-state index is 11.3. The molecule has 0 heterocycles. The molecule has 1 unspecified atom stereocenters. The molecular formula is C11H17NO7. The van der Waals surface area contributed by atoms with Gasteiger partial charge in [-0.2, -0.15) is 0 Å². The molecule has 108 valence electrons. The van der Waals surface area contributed by atoms with E-state index < -0.39 is 29.9 Å². The largest absolute Gasteiger partial charge is 0.481 e. The van der Waals surface area contributed by atoms with Gasteiger partial charge >= 0.3 is 17.9 Å². The third kappa shape index (κ3) is 9.57. The van der Waals surface area contributed by atoms with Crippen LogP contribution in [0.5, 0.6) is 0 Å². The minimum Gasteiger partial charge on any atom is -0.481 e. The molecule has 0 aromatic rings. The number of aliphatic carboxylic acids is 3. The minimum absolute atomic E-state index is 0.0563. The van der Waals surface area contributed by atoms with Crippen molar-refractivity contribution in [3.63, 3.8) is 0 Å². The van der Waals surface area contributed by atoms with E-state index in [4.69, 9.17) is 15.3 Å². The van der Waals surface area contributed by atoms with Crippen LogP contribution in [-0.4, -0.2) is 45.2 Å². The molecule has 0 fully saturated rings. The molecule has 0 aliphatic rings. The normalized spacial score (nSPS) is 11.6. The maximum absolute atomic E-state index is 11.3. The Bertz CT molecular complexity index is 353. The monoisotopic (exact) mass is 275 g/mol. The molecule has 0 rings (SSSR count). The lowest BCUT2D eigenvalue weighted by molar-refractivity contribution is -0.142. The van der Waals surface area contributed by atoms with E-state index in [0.29, 0.717) is 12.8 Å². The molecule has 0 saturated heterocycles. The number of carboxylic acid groups (broad SMARTS) is 3. The molecule has 0 radical (unpaired) electrons. The van der Waals surface area contributed by atoms with Crippen molar-refractivity contribution in [2.45, 2.75) is 44.6 Å². The van der Waals surface area contributed by atoms with Gasteiger partial charge in [0.2, 0.25) is 5.91 Å². The highest BCUT2D eigenvalue weighted by atomic mass is 16.4. The molecule has 0 spiro atoms. The average molecular weight is 275 g/mol. The Labute approximate surface area is 109 Å². The molecule has 1 atom stereocenters. The van der Waals surface area contributed by atoms with E-state index in [0.717, 1.165) is 0 Å². The first-order chi connectivity index (χ1) is 8.82. The van der Waals surface area contributed by atoms with Crippen LogP contribution in [-0.2, 0) is 19.2 Å². The number of hydrogen-bond donors (Lipinski definition) is 4. The van der Waals surface area contributed by atoms with Gasteiger partial charge in [0.25, 0.3) is 0 Å². The van der Waals surface area contributed by atoms with Gasteiger partial charge < -0.3 is 20.6 Å². The van der Waals surface area contributed by atoms with E-state index in [2.05, 4.69) is 5.32 Å². The summed E-state index contributed by atoms with van der Waals surface area (Å²) in [6.45, 7) is 0. The first kappa shape index (κ1) is 16.9. The Morgan fingerprint density at radius 1 is 0.842 bits per heavy atom. The number of carbonyl (C=O) groups excluding carboxylic acids is 1. The van der Waals surface area contributed by atoms with Crippen molar-refractivity contribution >= 4 is 23.8 Å². The number of carbonyl (C=O) groups is 4. The zero-order valence-corrected chi connectivity index (χ0v) is 10.3. The van der Waals surface area contributed by atoms with Gasteiger partial charge in [-0.3, -0.25) is 14.4 Å². The lowest BCUT2D eigenvalue weighted by Crippen LogP contribution is -2.40. The van der Waals surface area contributed by atoms with Crippen molar-refractivity contribution in [3.05, 3.63) is 0 Å². The SMILES string of the molecule is O=C(O)CCCCC(NC(=O)CCC(=O)O)C(=O)O.